The fraction of sp³-hybridized carbons (Fsp3) is 0.833. The summed E-state index contributed by atoms with van der Waals surface area (Å²) in [7, 11) is 0. The molecule has 0 atom stereocenters. The van der Waals surface area contributed by atoms with Crippen molar-refractivity contribution in [2.75, 3.05) is 13.1 Å². The molecule has 0 N–H and O–H groups in total. The average Bonchev–Trinajstić information content (AvgIpc) is 1.83. The predicted octanol–water partition coefficient (Wildman–Crippen LogP) is 1.37. The minimum absolute atomic E-state index is 0.426. The molecule has 0 bridgehead atoms. The molecular weight excluding hydrogens is 178 g/mol. The lowest BCUT2D eigenvalue weighted by Crippen LogP contribution is -2.36. The molecule has 0 aliphatic heterocycles. The van der Waals surface area contributed by atoms with Crippen molar-refractivity contribution in [1.29, 1.82) is 0 Å². The highest BCUT2D eigenvalue weighted by molar-refractivity contribution is 5.73. The number of nitrogens with zero attached hydrogens (tertiary/aromatic N) is 1. The fourth-order valence-corrected chi connectivity index (χ4v) is 0.665. The van der Waals surface area contributed by atoms with E-state index in [-0.39, 0.29) is 0 Å². The summed E-state index contributed by atoms with van der Waals surface area (Å²) in [4.78, 5) is 10.9. The van der Waals surface area contributed by atoms with E-state index in [1.807, 2.05) is 0 Å². The molecule has 2 nitrogen and oxygen atoms in total. The van der Waals surface area contributed by atoms with Crippen molar-refractivity contribution >= 4 is 5.91 Å². The van der Waals surface area contributed by atoms with Crippen molar-refractivity contribution in [3.63, 3.8) is 0 Å². The Labute approximate surface area is 67.1 Å². The van der Waals surface area contributed by atoms with Crippen LogP contribution in [0.4, 0.5) is 17.6 Å². The third-order valence-corrected chi connectivity index (χ3v) is 1.16. The van der Waals surface area contributed by atoms with Gasteiger partial charge in [0.15, 0.2) is 0 Å². The third-order valence-electron chi connectivity index (χ3n) is 1.16. The quantitative estimate of drug-likeness (QED) is 0.608. The van der Waals surface area contributed by atoms with Crippen LogP contribution in [0.5, 0.6) is 0 Å². The molecule has 0 rings (SSSR count). The van der Waals surface area contributed by atoms with E-state index in [1.54, 1.807) is 0 Å². The first-order chi connectivity index (χ1) is 5.43. The summed E-state index contributed by atoms with van der Waals surface area (Å²) < 4.78 is 46.6. The number of hydrogen-bond acceptors (Lipinski definition) is 1. The Morgan fingerprint density at radius 3 is 1.67 bits per heavy atom. The molecule has 12 heavy (non-hydrogen) atoms. The summed E-state index contributed by atoms with van der Waals surface area (Å²) in [5, 5.41) is 0. The Morgan fingerprint density at radius 1 is 1.17 bits per heavy atom. The molecule has 0 saturated heterocycles. The van der Waals surface area contributed by atoms with E-state index in [0.29, 0.717) is 4.90 Å². The summed E-state index contributed by atoms with van der Waals surface area (Å²) in [6.07, 6.45) is -5.54. The topological polar surface area (TPSA) is 20.3 Å². The number of carbonyl (C=O) groups is 1. The number of rotatable bonds is 4. The van der Waals surface area contributed by atoms with Crippen LogP contribution in [0, 0.1) is 0 Å². The Hall–Kier alpha value is -0.810. The monoisotopic (exact) mass is 187 g/mol. The van der Waals surface area contributed by atoms with Crippen LogP contribution < -0.4 is 0 Å². The first-order valence-electron chi connectivity index (χ1n) is 3.25. The fourth-order valence-electron chi connectivity index (χ4n) is 0.665. The molecule has 0 aromatic heterocycles. The van der Waals surface area contributed by atoms with E-state index in [1.165, 1.54) is 0 Å². The van der Waals surface area contributed by atoms with Gasteiger partial charge in [0.2, 0.25) is 5.91 Å². The van der Waals surface area contributed by atoms with Gasteiger partial charge in [-0.2, -0.15) is 0 Å². The zero-order chi connectivity index (χ0) is 9.72. The van der Waals surface area contributed by atoms with Crippen LogP contribution in [0.25, 0.3) is 0 Å². The summed E-state index contributed by atoms with van der Waals surface area (Å²) in [5.41, 5.74) is 0. The number of halogens is 4. The molecule has 0 aliphatic carbocycles. The summed E-state index contributed by atoms with van der Waals surface area (Å²) in [6, 6.07) is 0. The molecule has 0 aliphatic rings. The van der Waals surface area contributed by atoms with Crippen LogP contribution in [-0.4, -0.2) is 36.7 Å². The molecule has 72 valence electrons. The average molecular weight is 187 g/mol. The van der Waals surface area contributed by atoms with Gasteiger partial charge < -0.3 is 4.90 Å². The zero-order valence-corrected chi connectivity index (χ0v) is 6.44. The van der Waals surface area contributed by atoms with E-state index in [9.17, 15) is 22.4 Å². The molecule has 6 heteroatoms. The van der Waals surface area contributed by atoms with Crippen LogP contribution in [0.3, 0.4) is 0 Å². The van der Waals surface area contributed by atoms with Gasteiger partial charge in [-0.15, -0.1) is 0 Å². The minimum atomic E-state index is -2.77. The summed E-state index contributed by atoms with van der Waals surface area (Å²) in [6.45, 7) is -0.885. The van der Waals surface area contributed by atoms with Gasteiger partial charge in [0.05, 0.1) is 13.1 Å². The molecule has 0 radical (unpaired) electrons. The van der Waals surface area contributed by atoms with E-state index < -0.39 is 31.8 Å². The standard InChI is InChI=1S/C6H9F4NO/c1-4(12)11(2-5(7)8)3-6(9)10/h5-6H,2-3H2,1H3. The largest absolute Gasteiger partial charge is 0.331 e. The third kappa shape index (κ3) is 4.92. The second kappa shape index (κ2) is 4.95. The molecule has 0 unspecified atom stereocenters. The number of amides is 1. The summed E-state index contributed by atoms with van der Waals surface area (Å²) >= 11 is 0. The molecule has 1 amide bonds. The first-order valence-corrected chi connectivity index (χ1v) is 3.25. The van der Waals surface area contributed by atoms with Gasteiger partial charge in [-0.05, 0) is 0 Å². The van der Waals surface area contributed by atoms with Gasteiger partial charge in [0.25, 0.3) is 12.9 Å². The molecule has 0 heterocycles. The highest BCUT2D eigenvalue weighted by Crippen LogP contribution is 2.02. The van der Waals surface area contributed by atoms with Crippen LogP contribution >= 0.6 is 0 Å². The lowest BCUT2D eigenvalue weighted by Gasteiger charge is -2.19. The molecular formula is C6H9F4NO. The maximum atomic E-state index is 11.7. The van der Waals surface area contributed by atoms with Crippen molar-refractivity contribution in [2.45, 2.75) is 19.8 Å². The second-order valence-corrected chi connectivity index (χ2v) is 2.21. The van der Waals surface area contributed by atoms with Gasteiger partial charge in [0, 0.05) is 6.92 Å². The Morgan fingerprint density at radius 2 is 1.50 bits per heavy atom. The predicted molar refractivity (Wildman–Crippen MR) is 34.3 cm³/mol. The van der Waals surface area contributed by atoms with Crippen LogP contribution in [0.15, 0.2) is 0 Å². The number of alkyl halides is 4. The minimum Gasteiger partial charge on any atom is -0.331 e. The van der Waals surface area contributed by atoms with Crippen LogP contribution in [0.1, 0.15) is 6.92 Å². The summed E-state index contributed by atoms with van der Waals surface area (Å²) in [5.74, 6) is -0.768. The van der Waals surface area contributed by atoms with Gasteiger partial charge >= 0.3 is 0 Å². The lowest BCUT2D eigenvalue weighted by atomic mass is 10.4. The van der Waals surface area contributed by atoms with Crippen LogP contribution in [0.2, 0.25) is 0 Å². The number of carbonyl (C=O) groups excluding carboxylic acids is 1. The number of hydrogen-bond donors (Lipinski definition) is 0. The van der Waals surface area contributed by atoms with Crippen molar-refractivity contribution in [3.05, 3.63) is 0 Å². The van der Waals surface area contributed by atoms with Crippen LogP contribution in [-0.2, 0) is 4.79 Å². The second-order valence-electron chi connectivity index (χ2n) is 2.21. The molecule has 0 aromatic rings. The first kappa shape index (κ1) is 11.2. The lowest BCUT2D eigenvalue weighted by molar-refractivity contribution is -0.132. The van der Waals surface area contributed by atoms with E-state index in [2.05, 4.69) is 0 Å². The van der Waals surface area contributed by atoms with E-state index in [4.69, 9.17) is 0 Å². The highest BCUT2D eigenvalue weighted by atomic mass is 19.3. The SMILES string of the molecule is CC(=O)N(CC(F)F)CC(F)F. The Bertz CT molecular complexity index is 140. The Kier molecular flexibility index (Phi) is 4.61. The molecule has 0 saturated carbocycles. The normalized spacial score (nSPS) is 10.9. The van der Waals surface area contributed by atoms with Gasteiger partial charge in [-0.3, -0.25) is 4.79 Å². The van der Waals surface area contributed by atoms with Gasteiger partial charge in [-0.25, -0.2) is 17.6 Å². The van der Waals surface area contributed by atoms with Gasteiger partial charge in [-0.1, -0.05) is 0 Å². The van der Waals surface area contributed by atoms with E-state index in [0.717, 1.165) is 6.92 Å². The Balaban J connectivity index is 3.96. The van der Waals surface area contributed by atoms with Crippen molar-refractivity contribution in [2.24, 2.45) is 0 Å². The molecule has 0 aromatic carbocycles. The smallest absolute Gasteiger partial charge is 0.255 e. The molecule has 0 fully saturated rings. The highest BCUT2D eigenvalue weighted by Gasteiger charge is 2.18. The van der Waals surface area contributed by atoms with E-state index >= 15 is 0 Å². The van der Waals surface area contributed by atoms with Crippen molar-refractivity contribution in [3.8, 4) is 0 Å². The maximum absolute atomic E-state index is 11.7. The van der Waals surface area contributed by atoms with Gasteiger partial charge in [0.1, 0.15) is 0 Å². The van der Waals surface area contributed by atoms with Crippen molar-refractivity contribution in [1.82, 2.24) is 4.90 Å². The molecule has 0 spiro atoms. The van der Waals surface area contributed by atoms with Crippen molar-refractivity contribution < 1.29 is 22.4 Å². The zero-order valence-electron chi connectivity index (χ0n) is 6.44. The maximum Gasteiger partial charge on any atom is 0.255 e.